The van der Waals surface area contributed by atoms with Gasteiger partial charge in [-0.3, -0.25) is 9.52 Å². The SMILES string of the molecule is CC(C)(C)N(CCc1ccccc1OC(F)(F)F)C(=O)OCCCCC(=O)c1cc2c(c(NS(C)(=O)=O)c1)OCC2. The number of amides is 1. The van der Waals surface area contributed by atoms with Crippen LogP contribution in [0.2, 0.25) is 0 Å². The van der Waals surface area contributed by atoms with Gasteiger partial charge in [-0.1, -0.05) is 18.2 Å². The first-order chi connectivity index (χ1) is 19.0. The molecule has 1 amide bonds. The van der Waals surface area contributed by atoms with Gasteiger partial charge >= 0.3 is 12.5 Å². The molecule has 13 heteroatoms. The minimum atomic E-state index is -4.83. The van der Waals surface area contributed by atoms with Gasteiger partial charge in [0.05, 0.1) is 25.2 Å². The van der Waals surface area contributed by atoms with E-state index in [0.717, 1.165) is 11.8 Å². The Balaban J connectivity index is 1.52. The van der Waals surface area contributed by atoms with E-state index >= 15 is 0 Å². The van der Waals surface area contributed by atoms with E-state index in [1.165, 1.54) is 29.2 Å². The maximum atomic E-state index is 12.9. The zero-order chi connectivity index (χ0) is 30.4. The largest absolute Gasteiger partial charge is 0.573 e. The average molecular weight is 601 g/mol. The summed E-state index contributed by atoms with van der Waals surface area (Å²) in [4.78, 5) is 27.1. The Labute approximate surface area is 238 Å². The molecule has 0 aromatic heterocycles. The highest BCUT2D eigenvalue weighted by molar-refractivity contribution is 7.92. The number of sulfonamides is 1. The Kier molecular flexibility index (Phi) is 10.2. The van der Waals surface area contributed by atoms with Crippen molar-refractivity contribution < 1.29 is 45.4 Å². The lowest BCUT2D eigenvalue weighted by Crippen LogP contribution is -2.47. The summed E-state index contributed by atoms with van der Waals surface area (Å²) in [6.45, 7) is 5.92. The molecule has 0 unspecified atom stereocenters. The van der Waals surface area contributed by atoms with Gasteiger partial charge in [0, 0.05) is 36.1 Å². The number of rotatable bonds is 12. The Morgan fingerprint density at radius 1 is 1.10 bits per heavy atom. The zero-order valence-corrected chi connectivity index (χ0v) is 24.3. The van der Waals surface area contributed by atoms with Crippen LogP contribution in [0.15, 0.2) is 36.4 Å². The highest BCUT2D eigenvalue weighted by atomic mass is 32.2. The van der Waals surface area contributed by atoms with E-state index in [9.17, 15) is 31.2 Å². The number of unbranched alkanes of at least 4 members (excludes halogenated alkanes) is 1. The van der Waals surface area contributed by atoms with Gasteiger partial charge in [-0.25, -0.2) is 13.2 Å². The number of carbonyl (C=O) groups excluding carboxylic acids is 2. The van der Waals surface area contributed by atoms with Crippen molar-refractivity contribution in [1.82, 2.24) is 4.90 Å². The molecule has 0 saturated heterocycles. The van der Waals surface area contributed by atoms with Crippen LogP contribution < -0.4 is 14.2 Å². The van der Waals surface area contributed by atoms with Crippen LogP contribution in [0, 0.1) is 0 Å². The molecule has 1 aliphatic rings. The summed E-state index contributed by atoms with van der Waals surface area (Å²) in [5.41, 5.74) is 0.993. The normalized spacial score (nSPS) is 13.2. The van der Waals surface area contributed by atoms with Gasteiger partial charge < -0.3 is 19.1 Å². The molecule has 0 atom stereocenters. The van der Waals surface area contributed by atoms with Crippen LogP contribution in [0.1, 0.15) is 61.5 Å². The van der Waals surface area contributed by atoms with Crippen molar-refractivity contribution in [2.75, 3.05) is 30.7 Å². The smallest absolute Gasteiger partial charge is 0.491 e. The summed E-state index contributed by atoms with van der Waals surface area (Å²) in [5.74, 6) is -0.0701. The number of fused-ring (bicyclic) bond motifs is 1. The average Bonchev–Trinajstić information content (AvgIpc) is 3.31. The van der Waals surface area contributed by atoms with E-state index in [2.05, 4.69) is 9.46 Å². The lowest BCUT2D eigenvalue weighted by Gasteiger charge is -2.35. The fourth-order valence-corrected chi connectivity index (χ4v) is 4.93. The molecule has 41 heavy (non-hydrogen) atoms. The van der Waals surface area contributed by atoms with Crippen molar-refractivity contribution >= 4 is 27.6 Å². The highest BCUT2D eigenvalue weighted by Crippen LogP contribution is 2.36. The fourth-order valence-electron chi connectivity index (χ4n) is 4.38. The van der Waals surface area contributed by atoms with E-state index in [1.807, 2.05) is 0 Å². The number of halogens is 3. The molecule has 0 saturated carbocycles. The van der Waals surface area contributed by atoms with Crippen molar-refractivity contribution in [3.05, 3.63) is 53.1 Å². The van der Waals surface area contributed by atoms with Crippen LogP contribution in [-0.2, 0) is 27.6 Å². The van der Waals surface area contributed by atoms with E-state index in [1.54, 1.807) is 32.9 Å². The van der Waals surface area contributed by atoms with Gasteiger partial charge in [0.25, 0.3) is 0 Å². The fraction of sp³-hybridized carbons (Fsp3) is 0.500. The van der Waals surface area contributed by atoms with Crippen LogP contribution in [0.3, 0.4) is 0 Å². The Hall–Kier alpha value is -3.48. The molecule has 1 aliphatic heterocycles. The molecular formula is C28H35F3N2O7S. The number of benzene rings is 2. The number of nitrogens with zero attached hydrogens (tertiary/aromatic N) is 1. The third-order valence-electron chi connectivity index (χ3n) is 6.26. The van der Waals surface area contributed by atoms with Crippen molar-refractivity contribution in [2.45, 2.75) is 64.8 Å². The molecule has 0 aliphatic carbocycles. The van der Waals surface area contributed by atoms with Gasteiger partial charge in [-0.05, 0) is 63.8 Å². The summed E-state index contributed by atoms with van der Waals surface area (Å²) in [5, 5.41) is 0. The van der Waals surface area contributed by atoms with Crippen LogP contribution in [0.25, 0.3) is 0 Å². The molecule has 1 heterocycles. The number of ketones is 1. The summed E-state index contributed by atoms with van der Waals surface area (Å²) in [7, 11) is -3.57. The number of carbonyl (C=O) groups is 2. The van der Waals surface area contributed by atoms with Crippen molar-refractivity contribution in [3.63, 3.8) is 0 Å². The molecule has 0 fully saturated rings. The van der Waals surface area contributed by atoms with Gasteiger partial charge in [-0.15, -0.1) is 13.2 Å². The first-order valence-corrected chi connectivity index (χ1v) is 15.0. The van der Waals surface area contributed by atoms with E-state index in [-0.39, 0.29) is 43.2 Å². The molecule has 1 N–H and O–H groups in total. The topological polar surface area (TPSA) is 111 Å². The standard InChI is InChI=1S/C28H35F3N2O7S/c1-27(2,3)33(14-12-19-9-5-6-11-24(19)40-28(29,30)31)26(35)39-15-8-7-10-23(34)21-17-20-13-16-38-25(20)22(18-21)32-41(4,36)37/h5-6,9,11,17-18,32H,7-8,10,12-16H2,1-4H3. The minimum absolute atomic E-state index is 0.0470. The third kappa shape index (κ3) is 9.83. The highest BCUT2D eigenvalue weighted by Gasteiger charge is 2.33. The first kappa shape index (κ1) is 32.0. The number of anilines is 1. The van der Waals surface area contributed by atoms with Gasteiger partial charge in [0.1, 0.15) is 11.5 Å². The summed E-state index contributed by atoms with van der Waals surface area (Å²) in [6.07, 6.45) is -2.75. The maximum absolute atomic E-state index is 12.9. The molecule has 0 bridgehead atoms. The number of alkyl halides is 3. The number of para-hydroxylation sites is 1. The van der Waals surface area contributed by atoms with Crippen LogP contribution in [-0.4, -0.2) is 63.1 Å². The number of hydrogen-bond acceptors (Lipinski definition) is 7. The number of ether oxygens (including phenoxy) is 3. The molecular weight excluding hydrogens is 565 g/mol. The maximum Gasteiger partial charge on any atom is 0.573 e. The Morgan fingerprint density at radius 2 is 1.80 bits per heavy atom. The second kappa shape index (κ2) is 13.0. The van der Waals surface area contributed by atoms with Gasteiger partial charge in [0.2, 0.25) is 10.0 Å². The number of hydrogen-bond donors (Lipinski definition) is 1. The summed E-state index contributed by atoms with van der Waals surface area (Å²) in [6, 6.07) is 8.94. The van der Waals surface area contributed by atoms with Crippen LogP contribution in [0.4, 0.5) is 23.7 Å². The van der Waals surface area contributed by atoms with E-state index < -0.39 is 28.0 Å². The monoisotopic (exact) mass is 600 g/mol. The minimum Gasteiger partial charge on any atom is -0.491 e. The number of Topliss-reactive ketones (excluding diaryl/α,β-unsaturated/α-hetero) is 1. The lowest BCUT2D eigenvalue weighted by atomic mass is 10.0. The molecule has 9 nitrogen and oxygen atoms in total. The molecule has 3 rings (SSSR count). The molecule has 2 aromatic carbocycles. The zero-order valence-electron chi connectivity index (χ0n) is 23.5. The first-order valence-electron chi connectivity index (χ1n) is 13.1. The van der Waals surface area contributed by atoms with Crippen LogP contribution >= 0.6 is 0 Å². The Bertz CT molecular complexity index is 1360. The quantitative estimate of drug-likeness (QED) is 0.245. The van der Waals surface area contributed by atoms with Gasteiger partial charge in [-0.2, -0.15) is 0 Å². The predicted octanol–water partition coefficient (Wildman–Crippen LogP) is 5.72. The van der Waals surface area contributed by atoms with Crippen molar-refractivity contribution in [1.29, 1.82) is 0 Å². The molecule has 226 valence electrons. The summed E-state index contributed by atoms with van der Waals surface area (Å²) < 4.78 is 79.2. The molecule has 2 aromatic rings. The lowest BCUT2D eigenvalue weighted by molar-refractivity contribution is -0.274. The molecule has 0 spiro atoms. The van der Waals surface area contributed by atoms with Gasteiger partial charge in [0.15, 0.2) is 5.78 Å². The summed E-state index contributed by atoms with van der Waals surface area (Å²) >= 11 is 0. The van der Waals surface area contributed by atoms with Crippen molar-refractivity contribution in [2.24, 2.45) is 0 Å². The second-order valence-corrected chi connectivity index (χ2v) is 12.5. The van der Waals surface area contributed by atoms with E-state index in [4.69, 9.17) is 9.47 Å². The predicted molar refractivity (Wildman–Crippen MR) is 147 cm³/mol. The van der Waals surface area contributed by atoms with Crippen LogP contribution in [0.5, 0.6) is 11.5 Å². The number of nitrogens with one attached hydrogen (secondary N) is 1. The van der Waals surface area contributed by atoms with Crippen molar-refractivity contribution in [3.8, 4) is 11.5 Å². The van der Waals surface area contributed by atoms with E-state index in [0.29, 0.717) is 42.7 Å². The third-order valence-corrected chi connectivity index (χ3v) is 6.85. The Morgan fingerprint density at radius 3 is 2.46 bits per heavy atom. The molecule has 0 radical (unpaired) electrons. The second-order valence-electron chi connectivity index (χ2n) is 10.7.